The van der Waals surface area contributed by atoms with Crippen LogP contribution in [0.5, 0.6) is 0 Å². The molecule has 1 rings (SSSR count). The van der Waals surface area contributed by atoms with Crippen molar-refractivity contribution in [2.24, 2.45) is 11.8 Å². The molecule has 0 radical (unpaired) electrons. The van der Waals surface area contributed by atoms with E-state index in [9.17, 15) is 9.59 Å². The van der Waals surface area contributed by atoms with E-state index in [0.717, 1.165) is 19.3 Å². The van der Waals surface area contributed by atoms with Crippen LogP contribution in [0.25, 0.3) is 0 Å². The van der Waals surface area contributed by atoms with E-state index < -0.39 is 24.6 Å². The SMILES string of the molecule is CC1CCC(NC(=O)N[C@@H](CO)C(=O)O)C(C)C1. The first-order valence-electron chi connectivity index (χ1n) is 6.34. The van der Waals surface area contributed by atoms with Gasteiger partial charge in [0.05, 0.1) is 6.61 Å². The summed E-state index contributed by atoms with van der Waals surface area (Å²) >= 11 is 0. The number of carbonyl (C=O) groups excluding carboxylic acids is 1. The van der Waals surface area contributed by atoms with Crippen LogP contribution in [0.2, 0.25) is 0 Å². The molecular formula is C12H22N2O4. The van der Waals surface area contributed by atoms with Crippen LogP contribution in [-0.4, -0.2) is 40.9 Å². The first-order chi connectivity index (χ1) is 8.43. The topological polar surface area (TPSA) is 98.7 Å². The van der Waals surface area contributed by atoms with Crippen molar-refractivity contribution < 1.29 is 19.8 Å². The quantitative estimate of drug-likeness (QED) is 0.592. The number of rotatable bonds is 4. The van der Waals surface area contributed by atoms with Crippen LogP contribution in [-0.2, 0) is 4.79 Å². The van der Waals surface area contributed by atoms with Crippen LogP contribution in [0.4, 0.5) is 4.79 Å². The second-order valence-electron chi connectivity index (χ2n) is 5.19. The number of carboxylic acids is 1. The van der Waals surface area contributed by atoms with E-state index in [0.29, 0.717) is 11.8 Å². The maximum absolute atomic E-state index is 11.6. The van der Waals surface area contributed by atoms with Crippen LogP contribution in [0.3, 0.4) is 0 Å². The van der Waals surface area contributed by atoms with Crippen LogP contribution >= 0.6 is 0 Å². The van der Waals surface area contributed by atoms with Gasteiger partial charge in [-0.3, -0.25) is 0 Å². The van der Waals surface area contributed by atoms with Crippen LogP contribution < -0.4 is 10.6 Å². The van der Waals surface area contributed by atoms with E-state index in [1.165, 1.54) is 0 Å². The van der Waals surface area contributed by atoms with Gasteiger partial charge in [0.25, 0.3) is 0 Å². The van der Waals surface area contributed by atoms with Crippen LogP contribution in [0, 0.1) is 11.8 Å². The lowest BCUT2D eigenvalue weighted by atomic mass is 9.80. The predicted octanol–water partition coefficient (Wildman–Crippen LogP) is 0.556. The van der Waals surface area contributed by atoms with Crippen molar-refractivity contribution >= 4 is 12.0 Å². The molecule has 1 fully saturated rings. The average molecular weight is 258 g/mol. The number of carboxylic acid groups (broad SMARTS) is 1. The lowest BCUT2D eigenvalue weighted by Crippen LogP contribution is -2.52. The Hall–Kier alpha value is -1.30. The second kappa shape index (κ2) is 6.58. The number of hydrogen-bond acceptors (Lipinski definition) is 3. The third-order valence-electron chi connectivity index (χ3n) is 3.53. The van der Waals surface area contributed by atoms with Crippen LogP contribution in [0.1, 0.15) is 33.1 Å². The van der Waals surface area contributed by atoms with Gasteiger partial charge in [-0.1, -0.05) is 13.8 Å². The third-order valence-corrected chi connectivity index (χ3v) is 3.53. The summed E-state index contributed by atoms with van der Waals surface area (Å²) in [6, 6.07) is -1.69. The molecule has 1 aliphatic carbocycles. The molecule has 4 atom stereocenters. The molecule has 0 saturated heterocycles. The minimum Gasteiger partial charge on any atom is -0.480 e. The Balaban J connectivity index is 2.42. The number of hydrogen-bond donors (Lipinski definition) is 4. The summed E-state index contributed by atoms with van der Waals surface area (Å²) in [5.41, 5.74) is 0. The molecule has 4 N–H and O–H groups in total. The monoisotopic (exact) mass is 258 g/mol. The fourth-order valence-corrected chi connectivity index (χ4v) is 2.43. The number of aliphatic hydroxyl groups excluding tert-OH is 1. The zero-order valence-electron chi connectivity index (χ0n) is 10.8. The molecule has 0 spiro atoms. The van der Waals surface area contributed by atoms with Crippen molar-refractivity contribution in [3.05, 3.63) is 0 Å². The lowest BCUT2D eigenvalue weighted by Gasteiger charge is -2.33. The molecule has 6 nitrogen and oxygen atoms in total. The van der Waals surface area contributed by atoms with E-state index in [1.807, 2.05) is 0 Å². The van der Waals surface area contributed by atoms with Gasteiger partial charge in [-0.15, -0.1) is 0 Å². The first kappa shape index (κ1) is 14.8. The molecule has 18 heavy (non-hydrogen) atoms. The van der Waals surface area contributed by atoms with E-state index in [4.69, 9.17) is 10.2 Å². The third kappa shape index (κ3) is 4.18. The van der Waals surface area contributed by atoms with Gasteiger partial charge in [-0.25, -0.2) is 9.59 Å². The van der Waals surface area contributed by atoms with Gasteiger partial charge in [0, 0.05) is 6.04 Å². The van der Waals surface area contributed by atoms with E-state index in [1.54, 1.807) is 0 Å². The second-order valence-corrected chi connectivity index (χ2v) is 5.19. The van der Waals surface area contributed by atoms with Crippen molar-refractivity contribution in [1.29, 1.82) is 0 Å². The van der Waals surface area contributed by atoms with Crippen molar-refractivity contribution in [2.75, 3.05) is 6.61 Å². The van der Waals surface area contributed by atoms with Crippen molar-refractivity contribution in [1.82, 2.24) is 10.6 Å². The normalized spacial score (nSPS) is 29.4. The maximum atomic E-state index is 11.6. The molecule has 0 aliphatic heterocycles. The highest BCUT2D eigenvalue weighted by Crippen LogP contribution is 2.28. The highest BCUT2D eigenvalue weighted by molar-refractivity contribution is 5.82. The summed E-state index contributed by atoms with van der Waals surface area (Å²) in [7, 11) is 0. The van der Waals surface area contributed by atoms with Crippen LogP contribution in [0.15, 0.2) is 0 Å². The molecule has 0 aromatic carbocycles. The molecular weight excluding hydrogens is 236 g/mol. The highest BCUT2D eigenvalue weighted by Gasteiger charge is 2.27. The van der Waals surface area contributed by atoms with Gasteiger partial charge in [-0.05, 0) is 31.1 Å². The van der Waals surface area contributed by atoms with Gasteiger partial charge in [0.15, 0.2) is 6.04 Å². The van der Waals surface area contributed by atoms with E-state index >= 15 is 0 Å². The zero-order chi connectivity index (χ0) is 13.7. The largest absolute Gasteiger partial charge is 0.480 e. The number of amides is 2. The fraction of sp³-hybridized carbons (Fsp3) is 0.833. The van der Waals surface area contributed by atoms with Crippen molar-refractivity contribution in [3.63, 3.8) is 0 Å². The lowest BCUT2D eigenvalue weighted by molar-refractivity contribution is -0.140. The minimum absolute atomic E-state index is 0.0781. The standard InChI is InChI=1S/C12H22N2O4/c1-7-3-4-9(8(2)5-7)13-12(18)14-10(6-15)11(16)17/h7-10,15H,3-6H2,1-2H3,(H,16,17)(H2,13,14,18)/t7?,8?,9?,10-/m0/s1. The van der Waals surface area contributed by atoms with Gasteiger partial charge in [0.2, 0.25) is 0 Å². The number of carbonyl (C=O) groups is 2. The molecule has 104 valence electrons. The molecule has 6 heteroatoms. The molecule has 0 bridgehead atoms. The molecule has 3 unspecified atom stereocenters. The number of aliphatic hydroxyl groups is 1. The van der Waals surface area contributed by atoms with Gasteiger partial charge < -0.3 is 20.8 Å². The number of nitrogens with one attached hydrogen (secondary N) is 2. The Morgan fingerprint density at radius 1 is 1.33 bits per heavy atom. The Morgan fingerprint density at radius 2 is 2.00 bits per heavy atom. The number of urea groups is 1. The summed E-state index contributed by atoms with van der Waals surface area (Å²) < 4.78 is 0. The first-order valence-corrected chi connectivity index (χ1v) is 6.34. The summed E-state index contributed by atoms with van der Waals surface area (Å²) in [6.45, 7) is 3.67. The highest BCUT2D eigenvalue weighted by atomic mass is 16.4. The summed E-state index contributed by atoms with van der Waals surface area (Å²) in [6.07, 6.45) is 3.04. The van der Waals surface area contributed by atoms with E-state index in [2.05, 4.69) is 24.5 Å². The van der Waals surface area contributed by atoms with Crippen molar-refractivity contribution in [3.8, 4) is 0 Å². The Labute approximate surface area is 107 Å². The van der Waals surface area contributed by atoms with Gasteiger partial charge >= 0.3 is 12.0 Å². The Morgan fingerprint density at radius 3 is 2.50 bits per heavy atom. The smallest absolute Gasteiger partial charge is 0.328 e. The summed E-state index contributed by atoms with van der Waals surface area (Å²) in [5, 5.41) is 22.6. The zero-order valence-corrected chi connectivity index (χ0v) is 10.8. The molecule has 1 saturated carbocycles. The predicted molar refractivity (Wildman–Crippen MR) is 66.1 cm³/mol. The molecule has 0 aromatic heterocycles. The molecule has 2 amide bonds. The molecule has 0 heterocycles. The summed E-state index contributed by atoms with van der Waals surface area (Å²) in [4.78, 5) is 22.3. The summed E-state index contributed by atoms with van der Waals surface area (Å²) in [5.74, 6) is -0.180. The molecule has 0 aromatic rings. The van der Waals surface area contributed by atoms with Gasteiger partial charge in [0.1, 0.15) is 0 Å². The Kier molecular flexibility index (Phi) is 5.40. The maximum Gasteiger partial charge on any atom is 0.328 e. The fourth-order valence-electron chi connectivity index (χ4n) is 2.43. The Bertz CT molecular complexity index is 308. The number of aliphatic carboxylic acids is 1. The van der Waals surface area contributed by atoms with Crippen molar-refractivity contribution in [2.45, 2.75) is 45.2 Å². The minimum atomic E-state index is -1.25. The van der Waals surface area contributed by atoms with Gasteiger partial charge in [-0.2, -0.15) is 0 Å². The van der Waals surface area contributed by atoms with E-state index in [-0.39, 0.29) is 6.04 Å². The average Bonchev–Trinajstić information content (AvgIpc) is 2.29. The molecule has 1 aliphatic rings.